The molecule has 0 aliphatic carbocycles. The van der Waals surface area contributed by atoms with Gasteiger partial charge in [-0.15, -0.1) is 4.68 Å². The number of fused-ring (bicyclic) bond motifs is 1. The Kier molecular flexibility index (Phi) is 3.36. The summed E-state index contributed by atoms with van der Waals surface area (Å²) in [5.74, 6) is -0.294. The fraction of sp³-hybridized carbons (Fsp3) is 0.429. The van der Waals surface area contributed by atoms with E-state index in [9.17, 15) is 4.79 Å². The molecule has 0 atom stereocenters. The first-order chi connectivity index (χ1) is 8.60. The van der Waals surface area contributed by atoms with Gasteiger partial charge in [0, 0.05) is 6.07 Å². The van der Waals surface area contributed by atoms with E-state index in [2.05, 4.69) is 23.2 Å². The number of ether oxygens (including phenoxy) is 1. The minimum Gasteiger partial charge on any atom is -0.465 e. The number of esters is 1. The van der Waals surface area contributed by atoms with Gasteiger partial charge < -0.3 is 4.74 Å². The van der Waals surface area contributed by atoms with Crippen molar-refractivity contribution in [3.05, 3.63) is 29.5 Å². The van der Waals surface area contributed by atoms with E-state index < -0.39 is 0 Å². The summed E-state index contributed by atoms with van der Waals surface area (Å²) in [5, 5.41) is 1.18. The smallest absolute Gasteiger partial charge is 0.338 e. The van der Waals surface area contributed by atoms with Crippen LogP contribution >= 0.6 is 0 Å². The van der Waals surface area contributed by atoms with Crippen LogP contribution in [0.2, 0.25) is 0 Å². The third kappa shape index (κ3) is 1.88. The van der Waals surface area contributed by atoms with E-state index in [0.29, 0.717) is 5.56 Å². The molecule has 4 heteroatoms. The Morgan fingerprint density at radius 2 is 2.17 bits per heavy atom. The van der Waals surface area contributed by atoms with Crippen molar-refractivity contribution in [2.24, 2.45) is 7.05 Å². The van der Waals surface area contributed by atoms with Gasteiger partial charge in [-0.05, 0) is 25.5 Å². The maximum Gasteiger partial charge on any atom is 0.338 e. The van der Waals surface area contributed by atoms with Gasteiger partial charge in [0.2, 0.25) is 5.52 Å². The lowest BCUT2D eigenvalue weighted by Gasteiger charge is -1.99. The standard InChI is InChI=1S/C14H19N2O2/c1-5-8-16-10(2)12-7-6-11(14(17)18-4)9-13(12)15(16)3/h6-7,9H,5,8H2,1-4H3/q+1. The Labute approximate surface area is 107 Å². The molecule has 0 aliphatic rings. The highest BCUT2D eigenvalue weighted by atomic mass is 16.5. The molecule has 96 valence electrons. The summed E-state index contributed by atoms with van der Waals surface area (Å²) in [6.07, 6.45) is 1.08. The van der Waals surface area contributed by atoms with Crippen LogP contribution in [0, 0.1) is 6.92 Å². The molecule has 0 bridgehead atoms. The van der Waals surface area contributed by atoms with Crippen LogP contribution in [0.3, 0.4) is 0 Å². The van der Waals surface area contributed by atoms with Crippen LogP contribution in [0.5, 0.6) is 0 Å². The fourth-order valence-corrected chi connectivity index (χ4v) is 2.37. The Balaban J connectivity index is 2.63. The molecule has 0 saturated heterocycles. The lowest BCUT2D eigenvalue weighted by molar-refractivity contribution is -0.731. The third-order valence-corrected chi connectivity index (χ3v) is 3.34. The lowest BCUT2D eigenvalue weighted by atomic mass is 10.1. The van der Waals surface area contributed by atoms with Crippen LogP contribution in [0.1, 0.15) is 29.4 Å². The van der Waals surface area contributed by atoms with E-state index in [1.807, 2.05) is 25.2 Å². The van der Waals surface area contributed by atoms with Crippen molar-refractivity contribution in [1.29, 1.82) is 0 Å². The van der Waals surface area contributed by atoms with Gasteiger partial charge in [-0.2, -0.15) is 4.68 Å². The summed E-state index contributed by atoms with van der Waals surface area (Å²) in [6, 6.07) is 5.70. The second kappa shape index (κ2) is 4.80. The van der Waals surface area contributed by atoms with Crippen molar-refractivity contribution >= 4 is 16.9 Å². The molecular formula is C14H19N2O2+. The van der Waals surface area contributed by atoms with Gasteiger partial charge in [0.1, 0.15) is 0 Å². The van der Waals surface area contributed by atoms with E-state index >= 15 is 0 Å². The zero-order valence-corrected chi connectivity index (χ0v) is 11.4. The number of methoxy groups -OCH3 is 1. The summed E-state index contributed by atoms with van der Waals surface area (Å²) in [5.41, 5.74) is 2.88. The number of aromatic nitrogens is 2. The van der Waals surface area contributed by atoms with Crippen LogP contribution in [0.25, 0.3) is 10.9 Å². The highest BCUT2D eigenvalue weighted by Gasteiger charge is 2.19. The molecule has 2 rings (SSSR count). The van der Waals surface area contributed by atoms with Crippen molar-refractivity contribution < 1.29 is 14.2 Å². The zero-order valence-electron chi connectivity index (χ0n) is 11.4. The van der Waals surface area contributed by atoms with Crippen molar-refractivity contribution in [3.8, 4) is 0 Å². The molecule has 18 heavy (non-hydrogen) atoms. The minimum absolute atomic E-state index is 0.294. The van der Waals surface area contributed by atoms with Crippen LogP contribution in [0.15, 0.2) is 18.2 Å². The van der Waals surface area contributed by atoms with Crippen LogP contribution in [-0.2, 0) is 18.3 Å². The molecule has 0 unspecified atom stereocenters. The van der Waals surface area contributed by atoms with Gasteiger partial charge in [-0.1, -0.05) is 6.92 Å². The average molecular weight is 247 g/mol. The van der Waals surface area contributed by atoms with Gasteiger partial charge >= 0.3 is 5.97 Å². The summed E-state index contributed by atoms with van der Waals surface area (Å²) in [7, 11) is 3.42. The Bertz CT molecular complexity index is 599. The highest BCUT2D eigenvalue weighted by molar-refractivity contribution is 5.93. The number of carbonyl (C=O) groups is 1. The van der Waals surface area contributed by atoms with Crippen molar-refractivity contribution in [2.75, 3.05) is 7.11 Å². The maximum absolute atomic E-state index is 11.5. The van der Waals surface area contributed by atoms with Gasteiger partial charge in [0.05, 0.1) is 30.3 Å². The lowest BCUT2D eigenvalue weighted by Crippen LogP contribution is -2.39. The molecule has 0 aliphatic heterocycles. The quantitative estimate of drug-likeness (QED) is 0.614. The second-order valence-electron chi connectivity index (χ2n) is 4.46. The molecule has 0 radical (unpaired) electrons. The number of carbonyl (C=O) groups excluding carboxylic acids is 1. The number of hydrogen-bond donors (Lipinski definition) is 0. The largest absolute Gasteiger partial charge is 0.465 e. The highest BCUT2D eigenvalue weighted by Crippen LogP contribution is 2.18. The summed E-state index contributed by atoms with van der Waals surface area (Å²) in [6.45, 7) is 5.24. The Hall–Kier alpha value is -1.84. The molecule has 4 nitrogen and oxygen atoms in total. The van der Waals surface area contributed by atoms with E-state index in [-0.39, 0.29) is 5.97 Å². The molecule has 0 saturated carbocycles. The van der Waals surface area contributed by atoms with Crippen LogP contribution < -0.4 is 4.68 Å². The zero-order chi connectivity index (χ0) is 13.3. The summed E-state index contributed by atoms with van der Waals surface area (Å²) in [4.78, 5) is 11.5. The van der Waals surface area contributed by atoms with Crippen molar-refractivity contribution in [3.63, 3.8) is 0 Å². The predicted molar refractivity (Wildman–Crippen MR) is 69.5 cm³/mol. The predicted octanol–water partition coefficient (Wildman–Crippen LogP) is 1.97. The molecule has 1 aromatic carbocycles. The van der Waals surface area contributed by atoms with Crippen molar-refractivity contribution in [1.82, 2.24) is 4.68 Å². The number of benzene rings is 1. The first kappa shape index (κ1) is 12.6. The average Bonchev–Trinajstić information content (AvgIpc) is 2.63. The normalized spacial score (nSPS) is 10.9. The molecule has 0 spiro atoms. The molecule has 0 fully saturated rings. The Morgan fingerprint density at radius 1 is 1.44 bits per heavy atom. The third-order valence-electron chi connectivity index (χ3n) is 3.34. The first-order valence-corrected chi connectivity index (χ1v) is 6.17. The monoisotopic (exact) mass is 247 g/mol. The number of rotatable bonds is 3. The SMILES string of the molecule is CCCn1c(C)c2ccc(C(=O)OC)cc2[n+]1C. The fourth-order valence-electron chi connectivity index (χ4n) is 2.37. The Morgan fingerprint density at radius 3 is 2.78 bits per heavy atom. The molecule has 1 heterocycles. The number of hydrogen-bond acceptors (Lipinski definition) is 2. The molecule has 0 N–H and O–H groups in total. The minimum atomic E-state index is -0.294. The molecule has 0 amide bonds. The van der Waals surface area contributed by atoms with Gasteiger partial charge in [-0.25, -0.2) is 4.79 Å². The van der Waals surface area contributed by atoms with E-state index in [1.165, 1.54) is 18.2 Å². The number of nitrogens with zero attached hydrogens (tertiary/aromatic N) is 2. The number of aryl methyl sites for hydroxylation is 2. The topological polar surface area (TPSA) is 35.1 Å². The van der Waals surface area contributed by atoms with E-state index in [0.717, 1.165) is 18.5 Å². The van der Waals surface area contributed by atoms with Crippen molar-refractivity contribution in [2.45, 2.75) is 26.8 Å². The van der Waals surface area contributed by atoms with E-state index in [4.69, 9.17) is 4.74 Å². The second-order valence-corrected chi connectivity index (χ2v) is 4.46. The molecule has 2 aromatic rings. The molecule has 1 aromatic heterocycles. The van der Waals surface area contributed by atoms with Gasteiger partial charge in [0.15, 0.2) is 7.05 Å². The maximum atomic E-state index is 11.5. The first-order valence-electron chi connectivity index (χ1n) is 6.17. The van der Waals surface area contributed by atoms with Gasteiger partial charge in [-0.3, -0.25) is 0 Å². The van der Waals surface area contributed by atoms with Crippen LogP contribution in [-0.4, -0.2) is 17.8 Å². The van der Waals surface area contributed by atoms with Crippen LogP contribution in [0.4, 0.5) is 0 Å². The molecular weight excluding hydrogens is 228 g/mol. The summed E-state index contributed by atoms with van der Waals surface area (Å²) < 4.78 is 9.08. The van der Waals surface area contributed by atoms with E-state index in [1.54, 1.807) is 0 Å². The summed E-state index contributed by atoms with van der Waals surface area (Å²) >= 11 is 0. The van der Waals surface area contributed by atoms with Gasteiger partial charge in [0.25, 0.3) is 0 Å².